The smallest absolute Gasteiger partial charge is 0.217 e. The molecule has 76 valence electrons. The van der Waals surface area contributed by atoms with Gasteiger partial charge in [-0.25, -0.2) is 0 Å². The lowest BCUT2D eigenvalue weighted by Gasteiger charge is -2.04. The fourth-order valence-corrected chi connectivity index (χ4v) is 1.11. The second-order valence-corrected chi connectivity index (χ2v) is 3.61. The van der Waals surface area contributed by atoms with Gasteiger partial charge in [-0.2, -0.15) is 10.2 Å². The highest BCUT2D eigenvalue weighted by atomic mass is 16.1. The second kappa shape index (κ2) is 4.69. The molecule has 0 bridgehead atoms. The molecule has 1 amide bonds. The maximum Gasteiger partial charge on any atom is 0.217 e. The van der Waals surface area contributed by atoms with Crippen LogP contribution in [0.1, 0.15) is 37.4 Å². The number of rotatable bonds is 4. The van der Waals surface area contributed by atoms with Gasteiger partial charge in [-0.05, 0) is 24.0 Å². The molecule has 4 heteroatoms. The van der Waals surface area contributed by atoms with Crippen molar-refractivity contribution in [2.45, 2.75) is 32.6 Å². The Hall–Kier alpha value is -1.45. The lowest BCUT2D eigenvalue weighted by Crippen LogP contribution is -2.11. The molecule has 14 heavy (non-hydrogen) atoms. The van der Waals surface area contributed by atoms with E-state index in [1.807, 2.05) is 6.07 Å². The van der Waals surface area contributed by atoms with E-state index in [0.717, 1.165) is 11.3 Å². The van der Waals surface area contributed by atoms with Gasteiger partial charge in [0.05, 0.1) is 11.9 Å². The van der Waals surface area contributed by atoms with Crippen LogP contribution in [0.4, 0.5) is 0 Å². The first-order valence-electron chi connectivity index (χ1n) is 4.69. The molecule has 1 heterocycles. The van der Waals surface area contributed by atoms with Crippen LogP contribution in [0.25, 0.3) is 0 Å². The highest BCUT2D eigenvalue weighted by Gasteiger charge is 2.03. The number of primary amides is 1. The van der Waals surface area contributed by atoms with E-state index in [1.165, 1.54) is 0 Å². The zero-order valence-corrected chi connectivity index (χ0v) is 8.53. The molecule has 1 rings (SSSR count). The maximum absolute atomic E-state index is 10.6. The Kier molecular flexibility index (Phi) is 3.56. The molecule has 2 N–H and O–H groups in total. The number of aromatic nitrogens is 2. The molecule has 0 aromatic carbocycles. The number of aryl methyl sites for hydroxylation is 1. The molecule has 0 saturated heterocycles. The van der Waals surface area contributed by atoms with Crippen molar-refractivity contribution in [3.8, 4) is 0 Å². The molecular formula is C10H15N3O. The molecule has 0 unspecified atom stereocenters. The molecular weight excluding hydrogens is 178 g/mol. The molecule has 0 atom stereocenters. The average molecular weight is 193 g/mol. The summed E-state index contributed by atoms with van der Waals surface area (Å²) in [4.78, 5) is 10.6. The van der Waals surface area contributed by atoms with Gasteiger partial charge in [0.25, 0.3) is 0 Å². The van der Waals surface area contributed by atoms with Gasteiger partial charge in [-0.15, -0.1) is 0 Å². The Morgan fingerprint density at radius 3 is 2.86 bits per heavy atom. The normalized spacial score (nSPS) is 10.5. The van der Waals surface area contributed by atoms with E-state index < -0.39 is 0 Å². The van der Waals surface area contributed by atoms with Crippen molar-refractivity contribution in [2.24, 2.45) is 5.73 Å². The van der Waals surface area contributed by atoms with Crippen molar-refractivity contribution >= 4 is 5.91 Å². The first-order valence-corrected chi connectivity index (χ1v) is 4.69. The van der Waals surface area contributed by atoms with E-state index in [1.54, 1.807) is 6.20 Å². The molecule has 0 saturated carbocycles. The summed E-state index contributed by atoms with van der Waals surface area (Å²) < 4.78 is 0. The maximum atomic E-state index is 10.6. The number of hydrogen-bond donors (Lipinski definition) is 1. The summed E-state index contributed by atoms with van der Waals surface area (Å²) in [5.74, 6) is 0.0731. The average Bonchev–Trinajstić information content (AvgIpc) is 2.15. The Balaban J connectivity index is 2.68. The summed E-state index contributed by atoms with van der Waals surface area (Å²) >= 11 is 0. The largest absolute Gasteiger partial charge is 0.370 e. The zero-order valence-electron chi connectivity index (χ0n) is 8.53. The third-order valence-corrected chi connectivity index (χ3v) is 1.98. The van der Waals surface area contributed by atoms with Crippen LogP contribution in [0, 0.1) is 0 Å². The Bertz CT molecular complexity index is 323. The quantitative estimate of drug-likeness (QED) is 0.776. The van der Waals surface area contributed by atoms with Crippen LogP contribution in [-0.4, -0.2) is 16.1 Å². The van der Waals surface area contributed by atoms with E-state index in [2.05, 4.69) is 24.0 Å². The van der Waals surface area contributed by atoms with Crippen molar-refractivity contribution in [3.63, 3.8) is 0 Å². The zero-order chi connectivity index (χ0) is 10.6. The monoisotopic (exact) mass is 193 g/mol. The third kappa shape index (κ3) is 3.12. The Labute approximate surface area is 83.5 Å². The molecule has 4 nitrogen and oxygen atoms in total. The minimum Gasteiger partial charge on any atom is -0.370 e. The van der Waals surface area contributed by atoms with Gasteiger partial charge < -0.3 is 5.73 Å². The molecule has 1 aromatic heterocycles. The van der Waals surface area contributed by atoms with Crippen molar-refractivity contribution in [3.05, 3.63) is 23.5 Å². The molecule has 0 aliphatic rings. The van der Waals surface area contributed by atoms with Gasteiger partial charge in [0, 0.05) is 6.42 Å². The summed E-state index contributed by atoms with van der Waals surface area (Å²) in [5.41, 5.74) is 7.03. The van der Waals surface area contributed by atoms with Gasteiger partial charge in [0.1, 0.15) is 0 Å². The molecule has 0 aliphatic carbocycles. The number of nitrogens with zero attached hydrogens (tertiary/aromatic N) is 2. The summed E-state index contributed by atoms with van der Waals surface area (Å²) in [6, 6.07) is 1.97. The standard InChI is InChI=1S/C10H15N3O/c1-7(2)9-5-8(6-12-13-9)3-4-10(11)14/h5-7H,3-4H2,1-2H3,(H2,11,14). The lowest BCUT2D eigenvalue weighted by atomic mass is 10.1. The van der Waals surface area contributed by atoms with Gasteiger partial charge in [-0.1, -0.05) is 13.8 Å². The van der Waals surface area contributed by atoms with Crippen LogP contribution in [0.5, 0.6) is 0 Å². The molecule has 0 spiro atoms. The predicted octanol–water partition coefficient (Wildman–Crippen LogP) is 1.02. The summed E-state index contributed by atoms with van der Waals surface area (Å²) in [5, 5.41) is 7.88. The van der Waals surface area contributed by atoms with Crippen LogP contribution >= 0.6 is 0 Å². The highest BCUT2D eigenvalue weighted by molar-refractivity contribution is 5.73. The summed E-state index contributed by atoms with van der Waals surface area (Å²) in [6.07, 6.45) is 2.68. The minimum absolute atomic E-state index is 0.284. The lowest BCUT2D eigenvalue weighted by molar-refractivity contribution is -0.117. The topological polar surface area (TPSA) is 68.9 Å². The fraction of sp³-hybridized carbons (Fsp3) is 0.500. The fourth-order valence-electron chi connectivity index (χ4n) is 1.11. The van der Waals surface area contributed by atoms with E-state index >= 15 is 0 Å². The van der Waals surface area contributed by atoms with Crippen LogP contribution < -0.4 is 5.73 Å². The Morgan fingerprint density at radius 1 is 1.57 bits per heavy atom. The number of carbonyl (C=O) groups is 1. The van der Waals surface area contributed by atoms with Crippen molar-refractivity contribution in [2.75, 3.05) is 0 Å². The van der Waals surface area contributed by atoms with Crippen LogP contribution in [-0.2, 0) is 11.2 Å². The van der Waals surface area contributed by atoms with Crippen LogP contribution in [0.15, 0.2) is 12.3 Å². The molecule has 0 radical (unpaired) electrons. The summed E-state index contributed by atoms with van der Waals surface area (Å²) in [6.45, 7) is 4.11. The predicted molar refractivity (Wildman–Crippen MR) is 53.6 cm³/mol. The summed E-state index contributed by atoms with van der Waals surface area (Å²) in [7, 11) is 0. The van der Waals surface area contributed by atoms with E-state index in [-0.39, 0.29) is 5.91 Å². The van der Waals surface area contributed by atoms with Gasteiger partial charge in [0.15, 0.2) is 0 Å². The van der Waals surface area contributed by atoms with Crippen LogP contribution in [0.3, 0.4) is 0 Å². The van der Waals surface area contributed by atoms with E-state index in [9.17, 15) is 4.79 Å². The number of hydrogen-bond acceptors (Lipinski definition) is 3. The van der Waals surface area contributed by atoms with Crippen molar-refractivity contribution in [1.29, 1.82) is 0 Å². The third-order valence-electron chi connectivity index (χ3n) is 1.98. The molecule has 1 aromatic rings. The Morgan fingerprint density at radius 2 is 2.29 bits per heavy atom. The SMILES string of the molecule is CC(C)c1cc(CCC(N)=O)cnn1. The minimum atomic E-state index is -0.284. The van der Waals surface area contributed by atoms with E-state index in [4.69, 9.17) is 5.73 Å². The molecule has 0 aliphatic heterocycles. The number of amides is 1. The van der Waals surface area contributed by atoms with Crippen molar-refractivity contribution < 1.29 is 4.79 Å². The molecule has 0 fully saturated rings. The van der Waals surface area contributed by atoms with Gasteiger partial charge in [0.2, 0.25) is 5.91 Å². The van der Waals surface area contributed by atoms with Crippen molar-refractivity contribution in [1.82, 2.24) is 10.2 Å². The number of carbonyl (C=O) groups excluding carboxylic acids is 1. The first-order chi connectivity index (χ1) is 6.59. The van der Waals surface area contributed by atoms with Gasteiger partial charge in [-0.3, -0.25) is 4.79 Å². The highest BCUT2D eigenvalue weighted by Crippen LogP contribution is 2.12. The number of nitrogens with two attached hydrogens (primary N) is 1. The second-order valence-electron chi connectivity index (χ2n) is 3.61. The van der Waals surface area contributed by atoms with E-state index in [0.29, 0.717) is 18.8 Å². The first kappa shape index (κ1) is 10.6. The van der Waals surface area contributed by atoms with Gasteiger partial charge >= 0.3 is 0 Å². The van der Waals surface area contributed by atoms with Crippen LogP contribution in [0.2, 0.25) is 0 Å².